The van der Waals surface area contributed by atoms with Crippen LogP contribution >= 0.6 is 15.9 Å². The van der Waals surface area contributed by atoms with Crippen LogP contribution in [0.3, 0.4) is 0 Å². The van der Waals surface area contributed by atoms with Gasteiger partial charge in [0.15, 0.2) is 0 Å². The van der Waals surface area contributed by atoms with Gasteiger partial charge in [0.05, 0.1) is 15.4 Å². The first-order valence-corrected chi connectivity index (χ1v) is 9.61. The molecule has 2 heterocycles. The monoisotopic (exact) mass is 394 g/mol. The van der Waals surface area contributed by atoms with E-state index in [1.807, 2.05) is 6.07 Å². The number of sulfonamides is 1. The molecule has 0 saturated heterocycles. The van der Waals surface area contributed by atoms with Crippen molar-refractivity contribution < 1.29 is 12.8 Å². The third kappa shape index (κ3) is 2.52. The van der Waals surface area contributed by atoms with Crippen molar-refractivity contribution >= 4 is 31.6 Å². The van der Waals surface area contributed by atoms with E-state index in [0.717, 1.165) is 27.9 Å². The maximum atomic E-state index is 11.6. The number of primary sulfonamides is 1. The number of nitrogens with two attached hydrogens (primary N) is 1. The van der Waals surface area contributed by atoms with Gasteiger partial charge in [-0.15, -0.1) is 0 Å². The number of furan rings is 1. The summed E-state index contributed by atoms with van der Waals surface area (Å²) in [6.07, 6.45) is 6.87. The van der Waals surface area contributed by atoms with Gasteiger partial charge < -0.3 is 9.73 Å². The smallest absolute Gasteiger partial charge is 0.238 e. The summed E-state index contributed by atoms with van der Waals surface area (Å²) in [6.45, 7) is 0. The van der Waals surface area contributed by atoms with Crippen LogP contribution < -0.4 is 10.5 Å². The number of hydrogen-bond donors (Lipinski definition) is 2. The molecule has 0 saturated carbocycles. The summed E-state index contributed by atoms with van der Waals surface area (Å²) < 4.78 is 29.8. The second kappa shape index (κ2) is 5.22. The van der Waals surface area contributed by atoms with Gasteiger partial charge in [-0.05, 0) is 52.2 Å². The molecule has 23 heavy (non-hydrogen) atoms. The standard InChI is InChI=1S/C16H15BrN2O3S/c17-9-6-15(22-8-9)16-12-3-1-2-11(12)13-7-10(23(18,20)21)4-5-14(13)19-16/h1-2,4-8,11-12,16,19H,3H2,(H2,18,20,21)/t11-,12+,16-/m0/s1. The van der Waals surface area contributed by atoms with Crippen LogP contribution in [0, 0.1) is 5.92 Å². The molecule has 0 bridgehead atoms. The molecular formula is C16H15BrN2O3S. The topological polar surface area (TPSA) is 85.3 Å². The summed E-state index contributed by atoms with van der Waals surface area (Å²) >= 11 is 3.42. The van der Waals surface area contributed by atoms with Crippen molar-refractivity contribution in [2.24, 2.45) is 11.1 Å². The summed E-state index contributed by atoms with van der Waals surface area (Å²) in [4.78, 5) is 0.149. The van der Waals surface area contributed by atoms with Crippen LogP contribution in [0.2, 0.25) is 0 Å². The van der Waals surface area contributed by atoms with Gasteiger partial charge in [-0.2, -0.15) is 0 Å². The maximum absolute atomic E-state index is 11.6. The maximum Gasteiger partial charge on any atom is 0.238 e. The fraction of sp³-hybridized carbons (Fsp3) is 0.250. The molecule has 0 unspecified atom stereocenters. The molecule has 1 aliphatic heterocycles. The number of hydrogen-bond acceptors (Lipinski definition) is 4. The van der Waals surface area contributed by atoms with Crippen LogP contribution in [0.4, 0.5) is 5.69 Å². The van der Waals surface area contributed by atoms with Crippen molar-refractivity contribution in [3.8, 4) is 0 Å². The molecule has 1 aromatic heterocycles. The van der Waals surface area contributed by atoms with E-state index in [9.17, 15) is 8.42 Å². The molecule has 5 nitrogen and oxygen atoms in total. The number of benzene rings is 1. The lowest BCUT2D eigenvalue weighted by atomic mass is 9.78. The van der Waals surface area contributed by atoms with E-state index in [2.05, 4.69) is 33.4 Å². The van der Waals surface area contributed by atoms with Crippen molar-refractivity contribution in [2.75, 3.05) is 5.32 Å². The van der Waals surface area contributed by atoms with Gasteiger partial charge in [-0.3, -0.25) is 0 Å². The third-order valence-corrected chi connectivity index (χ3v) is 5.88. The summed E-state index contributed by atoms with van der Waals surface area (Å²) in [5, 5.41) is 8.75. The second-order valence-corrected chi connectivity index (χ2v) is 8.41. The number of allylic oxidation sites excluding steroid dienone is 2. The molecule has 0 radical (unpaired) electrons. The molecule has 0 fully saturated rings. The highest BCUT2D eigenvalue weighted by Crippen LogP contribution is 2.50. The lowest BCUT2D eigenvalue weighted by molar-refractivity contribution is 0.363. The Bertz CT molecular complexity index is 904. The fourth-order valence-electron chi connectivity index (χ4n) is 3.52. The zero-order chi connectivity index (χ0) is 16.2. The lowest BCUT2D eigenvalue weighted by Crippen LogP contribution is -2.29. The molecule has 3 N–H and O–H groups in total. The number of halogens is 1. The van der Waals surface area contributed by atoms with Gasteiger partial charge >= 0.3 is 0 Å². The number of nitrogens with one attached hydrogen (secondary N) is 1. The molecule has 0 amide bonds. The molecule has 4 rings (SSSR count). The first kappa shape index (κ1) is 15.0. The van der Waals surface area contributed by atoms with Crippen LogP contribution in [-0.4, -0.2) is 8.42 Å². The molecule has 1 aliphatic carbocycles. The zero-order valence-electron chi connectivity index (χ0n) is 12.1. The fourth-order valence-corrected chi connectivity index (χ4v) is 4.39. The predicted molar refractivity (Wildman–Crippen MR) is 90.6 cm³/mol. The Labute approximate surface area is 142 Å². The van der Waals surface area contributed by atoms with Gasteiger partial charge in [-0.25, -0.2) is 13.6 Å². The quantitative estimate of drug-likeness (QED) is 0.762. The van der Waals surface area contributed by atoms with Crippen LogP contribution in [0.5, 0.6) is 0 Å². The van der Waals surface area contributed by atoms with Crippen molar-refractivity contribution in [1.29, 1.82) is 0 Å². The summed E-state index contributed by atoms with van der Waals surface area (Å²) in [6, 6.07) is 7.02. The van der Waals surface area contributed by atoms with Crippen molar-refractivity contribution in [3.05, 3.63) is 58.5 Å². The highest BCUT2D eigenvalue weighted by atomic mass is 79.9. The predicted octanol–water partition coefficient (Wildman–Crippen LogP) is 3.52. The minimum absolute atomic E-state index is 0.0501. The SMILES string of the molecule is NS(=O)(=O)c1ccc2c(c1)[C@H]1C=CC[C@H]1[C@@H](c1cc(Br)co1)N2. The molecule has 2 aromatic rings. The largest absolute Gasteiger partial charge is 0.466 e. The van der Waals surface area contributed by atoms with Crippen LogP contribution in [0.15, 0.2) is 56.5 Å². The number of anilines is 1. The van der Waals surface area contributed by atoms with E-state index < -0.39 is 10.0 Å². The van der Waals surface area contributed by atoms with Gasteiger partial charge in [0.25, 0.3) is 0 Å². The second-order valence-electron chi connectivity index (χ2n) is 5.94. The van der Waals surface area contributed by atoms with Gasteiger partial charge in [0.1, 0.15) is 12.0 Å². The van der Waals surface area contributed by atoms with Gasteiger partial charge in [0.2, 0.25) is 10.0 Å². The van der Waals surface area contributed by atoms with Crippen LogP contribution in [0.1, 0.15) is 29.7 Å². The normalized spacial score (nSPS) is 25.7. The molecular weight excluding hydrogens is 380 g/mol. The zero-order valence-corrected chi connectivity index (χ0v) is 14.5. The molecule has 1 aromatic carbocycles. The van der Waals surface area contributed by atoms with E-state index in [-0.39, 0.29) is 22.8 Å². The van der Waals surface area contributed by atoms with E-state index in [0.29, 0.717) is 0 Å². The molecule has 0 spiro atoms. The third-order valence-electron chi connectivity index (χ3n) is 4.56. The Balaban J connectivity index is 1.80. The average molecular weight is 395 g/mol. The molecule has 3 atom stereocenters. The number of fused-ring (bicyclic) bond motifs is 3. The first-order valence-electron chi connectivity index (χ1n) is 7.27. The first-order chi connectivity index (χ1) is 10.9. The Hall–Kier alpha value is -1.57. The Morgan fingerprint density at radius 3 is 2.83 bits per heavy atom. The molecule has 120 valence electrons. The van der Waals surface area contributed by atoms with Crippen LogP contribution in [-0.2, 0) is 10.0 Å². The summed E-state index contributed by atoms with van der Waals surface area (Å²) in [5.74, 6) is 1.31. The van der Waals surface area contributed by atoms with E-state index in [1.165, 1.54) is 6.07 Å². The summed E-state index contributed by atoms with van der Waals surface area (Å²) in [7, 11) is -3.70. The van der Waals surface area contributed by atoms with Gasteiger partial charge in [-0.1, -0.05) is 12.2 Å². The van der Waals surface area contributed by atoms with Crippen LogP contribution in [0.25, 0.3) is 0 Å². The molecule has 2 aliphatic rings. The van der Waals surface area contributed by atoms with E-state index in [1.54, 1.807) is 18.4 Å². The van der Waals surface area contributed by atoms with Crippen molar-refractivity contribution in [2.45, 2.75) is 23.3 Å². The summed E-state index contributed by atoms with van der Waals surface area (Å²) in [5.41, 5.74) is 1.89. The highest BCUT2D eigenvalue weighted by molar-refractivity contribution is 9.10. The average Bonchev–Trinajstić information content (AvgIpc) is 3.13. The Morgan fingerprint density at radius 1 is 1.30 bits per heavy atom. The Morgan fingerprint density at radius 2 is 2.13 bits per heavy atom. The lowest BCUT2D eigenvalue weighted by Gasteiger charge is -2.36. The molecule has 7 heteroatoms. The van der Waals surface area contributed by atoms with Crippen molar-refractivity contribution in [3.63, 3.8) is 0 Å². The number of rotatable bonds is 2. The Kier molecular flexibility index (Phi) is 3.40. The highest BCUT2D eigenvalue weighted by Gasteiger charge is 2.39. The van der Waals surface area contributed by atoms with Crippen molar-refractivity contribution in [1.82, 2.24) is 0 Å². The minimum atomic E-state index is -3.70. The van der Waals surface area contributed by atoms with E-state index >= 15 is 0 Å². The van der Waals surface area contributed by atoms with E-state index in [4.69, 9.17) is 9.56 Å². The van der Waals surface area contributed by atoms with Gasteiger partial charge in [0, 0.05) is 17.5 Å². The minimum Gasteiger partial charge on any atom is -0.466 e.